The number of imidazole rings is 2. The van der Waals surface area contributed by atoms with Crippen LogP contribution >= 0.6 is 15.6 Å². The summed E-state index contributed by atoms with van der Waals surface area (Å²) in [6.07, 6.45) is -4.14. The third kappa shape index (κ3) is 8.23. The molecule has 0 saturated carbocycles. The average molecular weight is 760 g/mol. The predicted octanol–water partition coefficient (Wildman–Crippen LogP) is -0.836. The van der Waals surface area contributed by atoms with Crippen molar-refractivity contribution >= 4 is 55.8 Å². The molecule has 4 aromatic heterocycles. The number of nitrogens with two attached hydrogens (primary N) is 2. The minimum Gasteiger partial charge on any atom is -0.394 e. The lowest BCUT2D eigenvalue weighted by Crippen LogP contribution is -2.32. The third-order valence-electron chi connectivity index (χ3n) is 8.09. The van der Waals surface area contributed by atoms with Crippen LogP contribution in [-0.2, 0) is 36.7 Å². The Hall–Kier alpha value is -3.61. The summed E-state index contributed by atoms with van der Waals surface area (Å²) in [6, 6.07) is 0. The van der Waals surface area contributed by atoms with Crippen LogP contribution in [0.5, 0.6) is 0 Å². The maximum atomic E-state index is 13.2. The first-order chi connectivity index (χ1) is 24.3. The molecule has 0 aliphatic carbocycles. The van der Waals surface area contributed by atoms with Gasteiger partial charge in [0.2, 0.25) is 0 Å². The molecule has 4 aromatic rings. The zero-order chi connectivity index (χ0) is 36.5. The zero-order valence-electron chi connectivity index (χ0n) is 26.4. The number of nitrogen functional groups attached to an aromatic ring is 2. The van der Waals surface area contributed by atoms with E-state index < -0.39 is 84.5 Å². The molecule has 0 radical (unpaired) electrons. The second-order valence-electron chi connectivity index (χ2n) is 11.5. The van der Waals surface area contributed by atoms with Crippen LogP contribution in [0.2, 0.25) is 0 Å². The lowest BCUT2D eigenvalue weighted by molar-refractivity contribution is -0.0569. The number of aromatic nitrogens is 8. The maximum absolute atomic E-state index is 13.2. The highest BCUT2D eigenvalue weighted by molar-refractivity contribution is 7.47. The number of hydrogen-bond acceptors (Lipinski definition) is 20. The number of aliphatic hydroxyl groups is 3. The average Bonchev–Trinajstić information content (AvgIpc) is 3.88. The van der Waals surface area contributed by atoms with E-state index in [-0.39, 0.29) is 42.1 Å². The molecule has 0 bridgehead atoms. The van der Waals surface area contributed by atoms with Gasteiger partial charge in [-0.2, -0.15) is 0 Å². The smallest absolute Gasteiger partial charge is 0.394 e. The van der Waals surface area contributed by atoms with E-state index in [4.69, 9.17) is 44.4 Å². The minimum atomic E-state index is -4.97. The summed E-state index contributed by atoms with van der Waals surface area (Å²) in [7, 11) is -9.92. The fourth-order valence-corrected chi connectivity index (χ4v) is 7.50. The summed E-state index contributed by atoms with van der Waals surface area (Å²) in [5, 5.41) is 36.8. The maximum Gasteiger partial charge on any atom is 0.472 e. The van der Waals surface area contributed by atoms with E-state index >= 15 is 0 Å². The van der Waals surface area contributed by atoms with E-state index in [2.05, 4.69) is 29.9 Å². The number of anilines is 2. The van der Waals surface area contributed by atoms with Gasteiger partial charge in [0.25, 0.3) is 0 Å². The Labute approximate surface area is 287 Å². The predicted molar refractivity (Wildman–Crippen MR) is 170 cm³/mol. The van der Waals surface area contributed by atoms with Gasteiger partial charge in [-0.05, 0) is 6.21 Å². The van der Waals surface area contributed by atoms with Crippen molar-refractivity contribution in [2.24, 2.45) is 0 Å². The molecule has 278 valence electrons. The van der Waals surface area contributed by atoms with Crippen molar-refractivity contribution in [1.29, 1.82) is 5.41 Å². The van der Waals surface area contributed by atoms with Gasteiger partial charge in [0.15, 0.2) is 22.9 Å². The molecule has 2 aliphatic heterocycles. The van der Waals surface area contributed by atoms with Crippen molar-refractivity contribution in [2.45, 2.75) is 68.3 Å². The van der Waals surface area contributed by atoms with Crippen LogP contribution in [0.25, 0.3) is 22.3 Å². The highest BCUT2D eigenvalue weighted by Gasteiger charge is 2.46. The molecule has 2 aliphatic rings. The summed E-state index contributed by atoms with van der Waals surface area (Å²) in [5.41, 5.74) is 12.9. The molecule has 10 N–H and O–H groups in total. The van der Waals surface area contributed by atoms with Crippen LogP contribution in [0.3, 0.4) is 0 Å². The van der Waals surface area contributed by atoms with Gasteiger partial charge in [-0.1, -0.05) is 0 Å². The normalized spacial score (nSPS) is 27.4. The number of phosphoric acid groups is 2. The molecule has 0 amide bonds. The quantitative estimate of drug-likeness (QED) is 0.0510. The van der Waals surface area contributed by atoms with Crippen LogP contribution in [0.15, 0.2) is 25.3 Å². The van der Waals surface area contributed by atoms with Gasteiger partial charge in [0, 0.05) is 19.3 Å². The van der Waals surface area contributed by atoms with Crippen molar-refractivity contribution in [2.75, 3.05) is 31.3 Å². The van der Waals surface area contributed by atoms with E-state index in [1.807, 2.05) is 0 Å². The van der Waals surface area contributed by atoms with Crippen molar-refractivity contribution in [3.05, 3.63) is 25.3 Å². The Bertz CT molecular complexity index is 1950. The van der Waals surface area contributed by atoms with Gasteiger partial charge in [-0.3, -0.25) is 27.2 Å². The minimum absolute atomic E-state index is 0.0354. The van der Waals surface area contributed by atoms with Gasteiger partial charge in [0.1, 0.15) is 66.7 Å². The van der Waals surface area contributed by atoms with Crippen LogP contribution in [0.4, 0.5) is 11.6 Å². The summed E-state index contributed by atoms with van der Waals surface area (Å²) in [5.74, 6) is 0.214. The Morgan fingerprint density at radius 2 is 1.35 bits per heavy atom. The molecular weight excluding hydrogens is 724 g/mol. The SMILES string of the molecule is N=CCC(O)[C@H](O)COP(=O)(O)OC1C[C@H](n2cnc3c(N)ncnc32)O[C@@H]1COP(=O)(O)OC1C[C@H](n2cnc3c(N)ncnc32)O[C@@H]1CO. The molecule has 2 saturated heterocycles. The Morgan fingerprint density at radius 1 is 0.843 bits per heavy atom. The van der Waals surface area contributed by atoms with Gasteiger partial charge in [-0.15, -0.1) is 0 Å². The summed E-state index contributed by atoms with van der Waals surface area (Å²) in [4.78, 5) is 45.7. The van der Waals surface area contributed by atoms with Gasteiger partial charge in [0.05, 0.1) is 38.6 Å². The number of hydrogen-bond donors (Lipinski definition) is 8. The van der Waals surface area contributed by atoms with Crippen LogP contribution in [-0.4, -0.2) is 127 Å². The lowest BCUT2D eigenvalue weighted by atomic mass is 10.2. The van der Waals surface area contributed by atoms with Crippen LogP contribution in [0.1, 0.15) is 31.7 Å². The fraction of sp³-hybridized carbons (Fsp3) is 0.560. The van der Waals surface area contributed by atoms with Crippen molar-refractivity contribution in [1.82, 2.24) is 39.0 Å². The number of aliphatic hydroxyl groups excluding tert-OH is 3. The monoisotopic (exact) mass is 759 g/mol. The van der Waals surface area contributed by atoms with E-state index in [1.165, 1.54) is 34.4 Å². The van der Waals surface area contributed by atoms with Crippen molar-refractivity contribution < 1.29 is 61.8 Å². The Kier molecular flexibility index (Phi) is 11.0. The second-order valence-corrected chi connectivity index (χ2v) is 14.3. The summed E-state index contributed by atoms with van der Waals surface area (Å²) in [6.45, 7) is -2.13. The summed E-state index contributed by atoms with van der Waals surface area (Å²) < 4.78 is 61.9. The number of rotatable bonds is 16. The van der Waals surface area contributed by atoms with Gasteiger partial charge >= 0.3 is 15.6 Å². The van der Waals surface area contributed by atoms with E-state index in [0.717, 1.165) is 6.21 Å². The number of phosphoric ester groups is 2. The highest BCUT2D eigenvalue weighted by atomic mass is 31.2. The molecule has 6 heterocycles. The van der Waals surface area contributed by atoms with E-state index in [1.54, 1.807) is 0 Å². The molecule has 5 unspecified atom stereocenters. The standard InChI is InChI=1S/C25H35N11O13P2/c26-2-1-12(38)13(39)6-44-50(40,41)49-15-4-19(36-11-34-21-23(28)30-9-32-25(21)36)47-17(15)7-45-51(42,43)48-14-3-18(46-16(14)5-37)35-10-33-20-22(27)29-8-31-24(20)35/h2,8-19,26,37-39H,1,3-7H2,(H,40,41)(H,42,43)(H2,27,29,31)(H2,28,30,32)/t12?,13-,14?,15?,16-,17-,18-,19-/m1/s1. The van der Waals surface area contributed by atoms with Gasteiger partial charge < -0.3 is 51.5 Å². The summed E-state index contributed by atoms with van der Waals surface area (Å²) >= 11 is 0. The first-order valence-corrected chi connectivity index (χ1v) is 18.2. The molecule has 2 fully saturated rings. The topological polar surface area (TPSA) is 354 Å². The molecule has 51 heavy (non-hydrogen) atoms. The Morgan fingerprint density at radius 3 is 1.88 bits per heavy atom. The first kappa shape index (κ1) is 37.2. The molecule has 10 atom stereocenters. The first-order valence-electron chi connectivity index (χ1n) is 15.2. The third-order valence-corrected chi connectivity index (χ3v) is 10.1. The molecule has 0 spiro atoms. The lowest BCUT2D eigenvalue weighted by Gasteiger charge is -2.24. The zero-order valence-corrected chi connectivity index (χ0v) is 28.2. The number of ether oxygens (including phenoxy) is 2. The van der Waals surface area contributed by atoms with E-state index in [9.17, 15) is 34.2 Å². The fourth-order valence-electron chi connectivity index (χ4n) is 5.57. The van der Waals surface area contributed by atoms with Crippen molar-refractivity contribution in [3.63, 3.8) is 0 Å². The molecule has 26 heteroatoms. The second kappa shape index (κ2) is 15.2. The molecule has 0 aromatic carbocycles. The van der Waals surface area contributed by atoms with Gasteiger partial charge in [-0.25, -0.2) is 39.0 Å². The molecule has 24 nitrogen and oxygen atoms in total. The molecule has 6 rings (SSSR count). The Balaban J connectivity index is 1.15. The molecular formula is C25H35N11O13P2. The van der Waals surface area contributed by atoms with Crippen LogP contribution < -0.4 is 11.5 Å². The van der Waals surface area contributed by atoms with Crippen LogP contribution in [0, 0.1) is 5.41 Å². The van der Waals surface area contributed by atoms with Crippen molar-refractivity contribution in [3.8, 4) is 0 Å². The van der Waals surface area contributed by atoms with E-state index in [0.29, 0.717) is 11.2 Å². The largest absolute Gasteiger partial charge is 0.472 e. The number of fused-ring (bicyclic) bond motifs is 2. The highest BCUT2D eigenvalue weighted by Crippen LogP contribution is 2.52. The number of nitrogens with zero attached hydrogens (tertiary/aromatic N) is 8. The number of nitrogens with one attached hydrogen (secondary N) is 1.